The Bertz CT molecular complexity index is 543. The molecule has 18 heavy (non-hydrogen) atoms. The molecule has 0 unspecified atom stereocenters. The van der Waals surface area contributed by atoms with Gasteiger partial charge < -0.3 is 15.8 Å². The van der Waals surface area contributed by atoms with Crippen molar-refractivity contribution in [3.63, 3.8) is 0 Å². The van der Waals surface area contributed by atoms with E-state index in [9.17, 15) is 0 Å². The molecule has 0 heterocycles. The molecule has 0 aromatic heterocycles. The lowest BCUT2D eigenvalue weighted by atomic mass is 10.2. The van der Waals surface area contributed by atoms with Gasteiger partial charge >= 0.3 is 0 Å². The van der Waals surface area contributed by atoms with Crippen LogP contribution in [0.2, 0.25) is 0 Å². The molecule has 2 rings (SSSR count). The molecule has 0 saturated carbocycles. The van der Waals surface area contributed by atoms with E-state index >= 15 is 0 Å². The number of ether oxygens (including phenoxy) is 1. The third-order valence-electron chi connectivity index (χ3n) is 2.35. The summed E-state index contributed by atoms with van der Waals surface area (Å²) in [4.78, 5) is 0. The van der Waals surface area contributed by atoms with Gasteiger partial charge in [-0.05, 0) is 53.8 Å². The zero-order valence-electron chi connectivity index (χ0n) is 10.1. The Morgan fingerprint density at radius 1 is 1.17 bits per heavy atom. The molecule has 3 N–H and O–H groups in total. The normalized spacial score (nSPS) is 10.1. The Hall–Kier alpha value is -1.43. The number of nitrogens with one attached hydrogen (secondary N) is 1. The monoisotopic (exact) mass is 354 g/mol. The van der Waals surface area contributed by atoms with Crippen molar-refractivity contribution < 1.29 is 4.74 Å². The fraction of sp³-hybridized carbons (Fsp3) is 0.143. The van der Waals surface area contributed by atoms with Gasteiger partial charge in [-0.15, -0.1) is 0 Å². The molecule has 4 heteroatoms. The Morgan fingerprint density at radius 3 is 2.72 bits per heavy atom. The van der Waals surface area contributed by atoms with E-state index in [1.807, 2.05) is 37.3 Å². The van der Waals surface area contributed by atoms with Crippen LogP contribution in [0.25, 0.3) is 0 Å². The number of nitrogen functional groups attached to an aromatic ring is 1. The smallest absolute Gasteiger partial charge is 0.123 e. The largest absolute Gasteiger partial charge is 0.494 e. The second-order valence-corrected chi connectivity index (χ2v) is 5.10. The number of hydrogen-bond acceptors (Lipinski definition) is 3. The second-order valence-electron chi connectivity index (χ2n) is 3.86. The number of rotatable bonds is 4. The summed E-state index contributed by atoms with van der Waals surface area (Å²) in [6, 6.07) is 13.8. The summed E-state index contributed by atoms with van der Waals surface area (Å²) in [7, 11) is 0. The van der Waals surface area contributed by atoms with Gasteiger partial charge in [0.05, 0.1) is 6.61 Å². The molecular weight excluding hydrogens is 339 g/mol. The molecule has 0 radical (unpaired) electrons. The van der Waals surface area contributed by atoms with Crippen molar-refractivity contribution in [2.75, 3.05) is 17.7 Å². The van der Waals surface area contributed by atoms with Crippen molar-refractivity contribution in [2.45, 2.75) is 6.92 Å². The minimum Gasteiger partial charge on any atom is -0.494 e. The number of hydrogen-bond donors (Lipinski definition) is 2. The molecule has 0 aliphatic carbocycles. The van der Waals surface area contributed by atoms with Gasteiger partial charge in [0.15, 0.2) is 0 Å². The summed E-state index contributed by atoms with van der Waals surface area (Å²) in [5, 5.41) is 3.32. The van der Waals surface area contributed by atoms with E-state index in [1.165, 1.54) is 3.57 Å². The standard InChI is InChI=1S/C14H15IN2O/c1-2-18-14-8-11(16)7-13(9-14)17-12-5-3-4-10(15)6-12/h3-9,17H,2,16H2,1H3. The highest BCUT2D eigenvalue weighted by atomic mass is 127. The minimum absolute atomic E-state index is 0.631. The van der Waals surface area contributed by atoms with E-state index in [4.69, 9.17) is 10.5 Å². The third kappa shape index (κ3) is 3.53. The van der Waals surface area contributed by atoms with Crippen molar-refractivity contribution in [3.8, 4) is 5.75 Å². The molecule has 2 aromatic carbocycles. The van der Waals surface area contributed by atoms with Crippen LogP contribution < -0.4 is 15.8 Å². The van der Waals surface area contributed by atoms with Gasteiger partial charge in [-0.1, -0.05) is 6.07 Å². The van der Waals surface area contributed by atoms with Gasteiger partial charge in [-0.25, -0.2) is 0 Å². The summed E-state index contributed by atoms with van der Waals surface area (Å²) in [5.74, 6) is 0.783. The number of halogens is 1. The van der Waals surface area contributed by atoms with Crippen molar-refractivity contribution in [1.29, 1.82) is 0 Å². The summed E-state index contributed by atoms with van der Waals surface area (Å²) in [6.07, 6.45) is 0. The highest BCUT2D eigenvalue weighted by Gasteiger charge is 2.01. The highest BCUT2D eigenvalue weighted by molar-refractivity contribution is 14.1. The molecule has 0 aliphatic heterocycles. The lowest BCUT2D eigenvalue weighted by molar-refractivity contribution is 0.340. The quantitative estimate of drug-likeness (QED) is 0.644. The second kappa shape index (κ2) is 5.95. The van der Waals surface area contributed by atoms with Crippen LogP contribution in [0.15, 0.2) is 42.5 Å². The number of nitrogens with two attached hydrogens (primary N) is 1. The van der Waals surface area contributed by atoms with E-state index in [0.29, 0.717) is 12.3 Å². The van der Waals surface area contributed by atoms with E-state index in [-0.39, 0.29) is 0 Å². The van der Waals surface area contributed by atoms with Crippen molar-refractivity contribution in [2.24, 2.45) is 0 Å². The van der Waals surface area contributed by atoms with Gasteiger partial charge in [0.25, 0.3) is 0 Å². The van der Waals surface area contributed by atoms with Gasteiger partial charge in [-0.3, -0.25) is 0 Å². The first kappa shape index (κ1) is 13.0. The average Bonchev–Trinajstić information content (AvgIpc) is 2.28. The zero-order chi connectivity index (χ0) is 13.0. The maximum atomic E-state index is 5.85. The van der Waals surface area contributed by atoms with Crippen LogP contribution in [0.3, 0.4) is 0 Å². The number of anilines is 3. The lowest BCUT2D eigenvalue weighted by Crippen LogP contribution is -1.97. The first-order valence-corrected chi connectivity index (χ1v) is 6.81. The van der Waals surface area contributed by atoms with Crippen LogP contribution in [0.5, 0.6) is 5.75 Å². The van der Waals surface area contributed by atoms with Crippen LogP contribution in [0.4, 0.5) is 17.1 Å². The zero-order valence-corrected chi connectivity index (χ0v) is 12.3. The maximum absolute atomic E-state index is 5.85. The van der Waals surface area contributed by atoms with E-state index in [0.717, 1.165) is 17.1 Å². The van der Waals surface area contributed by atoms with Gasteiger partial charge in [0, 0.05) is 32.8 Å². The molecule has 3 nitrogen and oxygen atoms in total. The molecule has 0 spiro atoms. The van der Waals surface area contributed by atoms with E-state index in [2.05, 4.69) is 40.0 Å². The fourth-order valence-corrected chi connectivity index (χ4v) is 2.22. The highest BCUT2D eigenvalue weighted by Crippen LogP contribution is 2.26. The molecule has 94 valence electrons. The topological polar surface area (TPSA) is 47.3 Å². The average molecular weight is 354 g/mol. The van der Waals surface area contributed by atoms with E-state index < -0.39 is 0 Å². The van der Waals surface area contributed by atoms with Crippen molar-refractivity contribution in [1.82, 2.24) is 0 Å². The predicted octanol–water partition coefficient (Wildman–Crippen LogP) is 4.02. The lowest BCUT2D eigenvalue weighted by Gasteiger charge is -2.10. The van der Waals surface area contributed by atoms with Crippen molar-refractivity contribution >= 4 is 39.7 Å². The predicted molar refractivity (Wildman–Crippen MR) is 84.5 cm³/mol. The van der Waals surface area contributed by atoms with Crippen LogP contribution in [-0.4, -0.2) is 6.61 Å². The Balaban J connectivity index is 2.23. The molecule has 2 aromatic rings. The molecule has 0 bridgehead atoms. The van der Waals surface area contributed by atoms with E-state index in [1.54, 1.807) is 0 Å². The molecule has 0 amide bonds. The van der Waals surface area contributed by atoms with Crippen LogP contribution in [-0.2, 0) is 0 Å². The number of benzene rings is 2. The van der Waals surface area contributed by atoms with Crippen LogP contribution >= 0.6 is 22.6 Å². The molecule has 0 aliphatic rings. The molecule has 0 atom stereocenters. The Labute approximate surface area is 120 Å². The van der Waals surface area contributed by atoms with Crippen molar-refractivity contribution in [3.05, 3.63) is 46.0 Å². The molecule has 0 saturated heterocycles. The first-order valence-electron chi connectivity index (χ1n) is 5.73. The van der Waals surface area contributed by atoms with Crippen LogP contribution in [0, 0.1) is 3.57 Å². The van der Waals surface area contributed by atoms with Gasteiger partial charge in [-0.2, -0.15) is 0 Å². The Kier molecular flexibility index (Phi) is 4.30. The maximum Gasteiger partial charge on any atom is 0.123 e. The first-order chi connectivity index (χ1) is 8.67. The van der Waals surface area contributed by atoms with Gasteiger partial charge in [0.1, 0.15) is 5.75 Å². The van der Waals surface area contributed by atoms with Crippen LogP contribution in [0.1, 0.15) is 6.92 Å². The third-order valence-corrected chi connectivity index (χ3v) is 3.02. The molecular formula is C14H15IN2O. The molecule has 0 fully saturated rings. The minimum atomic E-state index is 0.631. The summed E-state index contributed by atoms with van der Waals surface area (Å²) in [5.41, 5.74) is 8.51. The summed E-state index contributed by atoms with van der Waals surface area (Å²) < 4.78 is 6.65. The SMILES string of the molecule is CCOc1cc(N)cc(Nc2cccc(I)c2)c1. The summed E-state index contributed by atoms with van der Waals surface area (Å²) in [6.45, 7) is 2.59. The summed E-state index contributed by atoms with van der Waals surface area (Å²) >= 11 is 2.29. The Morgan fingerprint density at radius 2 is 2.00 bits per heavy atom. The van der Waals surface area contributed by atoms with Gasteiger partial charge in [0.2, 0.25) is 0 Å². The fourth-order valence-electron chi connectivity index (χ4n) is 1.68.